The Labute approximate surface area is 194 Å². The standard InChI is InChI=1S/C23H20ClN3O6/c1-30-19-12-15(13-20(31-2)21(19)32-3)23(29)33-27-18-10-8-17(9-11-18)25-26-22(28)14-4-6-16(24)7-5-14/h4-13,27H,1-3H3. The van der Waals surface area contributed by atoms with Gasteiger partial charge in [0.25, 0.3) is 5.91 Å². The van der Waals surface area contributed by atoms with Crippen molar-refractivity contribution in [3.63, 3.8) is 0 Å². The van der Waals surface area contributed by atoms with E-state index in [0.29, 0.717) is 39.2 Å². The first-order valence-corrected chi connectivity index (χ1v) is 9.92. The quantitative estimate of drug-likeness (QED) is 0.344. The molecule has 0 atom stereocenters. The van der Waals surface area contributed by atoms with Crippen LogP contribution in [0.4, 0.5) is 11.4 Å². The third kappa shape index (κ3) is 5.98. The number of benzene rings is 3. The molecule has 33 heavy (non-hydrogen) atoms. The van der Waals surface area contributed by atoms with Gasteiger partial charge in [-0.3, -0.25) is 4.79 Å². The number of halogens is 1. The van der Waals surface area contributed by atoms with Crippen LogP contribution < -0.4 is 19.7 Å². The fourth-order valence-electron chi connectivity index (χ4n) is 2.71. The van der Waals surface area contributed by atoms with Crippen molar-refractivity contribution in [3.05, 3.63) is 76.8 Å². The second kappa shape index (κ2) is 11.0. The molecule has 0 heterocycles. The summed E-state index contributed by atoms with van der Waals surface area (Å²) in [5, 5.41) is 8.12. The van der Waals surface area contributed by atoms with Crippen LogP contribution >= 0.6 is 11.6 Å². The summed E-state index contributed by atoms with van der Waals surface area (Å²) >= 11 is 5.80. The minimum absolute atomic E-state index is 0.197. The fourth-order valence-corrected chi connectivity index (χ4v) is 2.84. The second-order valence-electron chi connectivity index (χ2n) is 6.46. The van der Waals surface area contributed by atoms with Gasteiger partial charge in [0.1, 0.15) is 0 Å². The number of anilines is 1. The third-order valence-corrected chi connectivity index (χ3v) is 4.63. The second-order valence-corrected chi connectivity index (χ2v) is 6.90. The van der Waals surface area contributed by atoms with Gasteiger partial charge >= 0.3 is 5.97 Å². The highest BCUT2D eigenvalue weighted by molar-refractivity contribution is 6.30. The first kappa shape index (κ1) is 23.6. The molecule has 0 aliphatic heterocycles. The number of rotatable bonds is 8. The Morgan fingerprint density at radius 3 is 1.97 bits per heavy atom. The molecule has 0 radical (unpaired) electrons. The topological polar surface area (TPSA) is 108 Å². The molecule has 0 spiro atoms. The van der Waals surface area contributed by atoms with Crippen LogP contribution in [-0.2, 0) is 4.84 Å². The van der Waals surface area contributed by atoms with Gasteiger partial charge in [0.05, 0.1) is 38.3 Å². The van der Waals surface area contributed by atoms with E-state index < -0.39 is 11.9 Å². The molecule has 0 bridgehead atoms. The van der Waals surface area contributed by atoms with Gasteiger partial charge in [0.2, 0.25) is 5.75 Å². The minimum atomic E-state index is -0.661. The number of azo groups is 1. The average Bonchev–Trinajstić information content (AvgIpc) is 2.85. The van der Waals surface area contributed by atoms with E-state index in [4.69, 9.17) is 30.6 Å². The van der Waals surface area contributed by atoms with Crippen molar-refractivity contribution in [1.29, 1.82) is 0 Å². The normalized spacial score (nSPS) is 10.5. The lowest BCUT2D eigenvalue weighted by Gasteiger charge is -2.14. The predicted molar refractivity (Wildman–Crippen MR) is 122 cm³/mol. The van der Waals surface area contributed by atoms with E-state index >= 15 is 0 Å². The van der Waals surface area contributed by atoms with Gasteiger partial charge in [-0.05, 0) is 60.7 Å². The van der Waals surface area contributed by atoms with Gasteiger partial charge in [0, 0.05) is 10.6 Å². The summed E-state index contributed by atoms with van der Waals surface area (Å²) < 4.78 is 15.7. The smallest absolute Gasteiger partial charge is 0.363 e. The van der Waals surface area contributed by atoms with E-state index in [-0.39, 0.29) is 5.56 Å². The van der Waals surface area contributed by atoms with E-state index in [0.717, 1.165) is 0 Å². The molecule has 10 heteroatoms. The summed E-state index contributed by atoms with van der Waals surface area (Å²) in [6.45, 7) is 0. The van der Waals surface area contributed by atoms with Crippen LogP contribution in [0.25, 0.3) is 0 Å². The van der Waals surface area contributed by atoms with Gasteiger partial charge in [-0.2, -0.15) is 0 Å². The Bertz CT molecular complexity index is 1140. The largest absolute Gasteiger partial charge is 0.493 e. The van der Waals surface area contributed by atoms with E-state index in [9.17, 15) is 9.59 Å². The SMILES string of the molecule is COc1cc(C(=O)ONc2ccc(N=NC(=O)c3ccc(Cl)cc3)cc2)cc(OC)c1OC. The Morgan fingerprint density at radius 2 is 1.42 bits per heavy atom. The maximum absolute atomic E-state index is 12.4. The van der Waals surface area contributed by atoms with Crippen LogP contribution in [0.2, 0.25) is 5.02 Å². The lowest BCUT2D eigenvalue weighted by Crippen LogP contribution is -2.11. The summed E-state index contributed by atoms with van der Waals surface area (Å²) in [5.74, 6) is -0.137. The molecule has 3 aromatic carbocycles. The predicted octanol–water partition coefficient (Wildman–Crippen LogP) is 5.47. The molecule has 170 valence electrons. The fraction of sp³-hybridized carbons (Fsp3) is 0.130. The number of hydrogen-bond donors (Lipinski definition) is 1. The van der Waals surface area contributed by atoms with Gasteiger partial charge < -0.3 is 19.0 Å². The van der Waals surface area contributed by atoms with Crippen molar-refractivity contribution in [2.45, 2.75) is 0 Å². The van der Waals surface area contributed by atoms with Crippen molar-refractivity contribution < 1.29 is 28.6 Å². The van der Waals surface area contributed by atoms with Crippen LogP contribution in [-0.4, -0.2) is 33.2 Å². The van der Waals surface area contributed by atoms with E-state index in [1.807, 2.05) is 0 Å². The number of ether oxygens (including phenoxy) is 3. The number of carbonyl (C=O) groups excluding carboxylic acids is 2. The molecule has 0 aliphatic rings. The number of carbonyl (C=O) groups is 2. The first-order valence-electron chi connectivity index (χ1n) is 9.54. The number of amides is 1. The number of hydrogen-bond acceptors (Lipinski definition) is 8. The molecule has 3 aromatic rings. The number of methoxy groups -OCH3 is 3. The molecular weight excluding hydrogens is 450 g/mol. The van der Waals surface area contributed by atoms with Gasteiger partial charge in [-0.25, -0.2) is 10.3 Å². The van der Waals surface area contributed by atoms with Gasteiger partial charge in [0.15, 0.2) is 11.5 Å². The lowest BCUT2D eigenvalue weighted by molar-refractivity contribution is 0.0595. The Hall–Kier alpha value is -4.11. The summed E-state index contributed by atoms with van der Waals surface area (Å²) in [6.07, 6.45) is 0. The molecule has 0 unspecified atom stereocenters. The van der Waals surface area contributed by atoms with Crippen LogP contribution in [0, 0.1) is 0 Å². The van der Waals surface area contributed by atoms with Crippen molar-refractivity contribution in [2.24, 2.45) is 10.2 Å². The van der Waals surface area contributed by atoms with Crippen molar-refractivity contribution in [3.8, 4) is 17.2 Å². The molecule has 9 nitrogen and oxygen atoms in total. The van der Waals surface area contributed by atoms with Crippen molar-refractivity contribution in [2.75, 3.05) is 26.8 Å². The zero-order valence-corrected chi connectivity index (χ0v) is 18.8. The maximum Gasteiger partial charge on any atom is 0.363 e. The molecule has 0 saturated carbocycles. The Kier molecular flexibility index (Phi) is 7.82. The first-order chi connectivity index (χ1) is 15.9. The van der Waals surface area contributed by atoms with Gasteiger partial charge in [-0.15, -0.1) is 10.2 Å². The molecule has 1 N–H and O–H groups in total. The highest BCUT2D eigenvalue weighted by Crippen LogP contribution is 2.38. The summed E-state index contributed by atoms with van der Waals surface area (Å²) in [4.78, 5) is 29.6. The lowest BCUT2D eigenvalue weighted by atomic mass is 10.2. The molecule has 1 amide bonds. The molecule has 0 aromatic heterocycles. The molecular formula is C23H20ClN3O6. The average molecular weight is 470 g/mol. The minimum Gasteiger partial charge on any atom is -0.493 e. The van der Waals surface area contributed by atoms with Crippen LogP contribution in [0.3, 0.4) is 0 Å². The Morgan fingerprint density at radius 1 is 0.818 bits per heavy atom. The third-order valence-electron chi connectivity index (χ3n) is 4.38. The number of nitrogens with one attached hydrogen (secondary N) is 1. The monoisotopic (exact) mass is 469 g/mol. The van der Waals surface area contributed by atoms with Crippen molar-refractivity contribution >= 4 is 34.9 Å². The number of nitrogens with zero attached hydrogens (tertiary/aromatic N) is 2. The molecule has 0 saturated heterocycles. The Balaban J connectivity index is 1.62. The van der Waals surface area contributed by atoms with Crippen LogP contribution in [0.1, 0.15) is 20.7 Å². The summed E-state index contributed by atoms with van der Waals surface area (Å²) in [6, 6.07) is 15.7. The highest BCUT2D eigenvalue weighted by Gasteiger charge is 2.18. The maximum atomic E-state index is 12.4. The van der Waals surface area contributed by atoms with Gasteiger partial charge in [-0.1, -0.05) is 11.6 Å². The van der Waals surface area contributed by atoms with Crippen molar-refractivity contribution in [1.82, 2.24) is 0 Å². The molecule has 0 fully saturated rings. The summed E-state index contributed by atoms with van der Waals surface area (Å²) in [5.41, 5.74) is 4.06. The molecule has 3 rings (SSSR count). The molecule has 0 aliphatic carbocycles. The summed E-state index contributed by atoms with van der Waals surface area (Å²) in [7, 11) is 4.37. The van der Waals surface area contributed by atoms with Crippen LogP contribution in [0.5, 0.6) is 17.2 Å². The van der Waals surface area contributed by atoms with Crippen LogP contribution in [0.15, 0.2) is 70.9 Å². The van der Waals surface area contributed by atoms with E-state index in [2.05, 4.69) is 15.7 Å². The van der Waals surface area contributed by atoms with E-state index in [1.54, 1.807) is 48.5 Å². The van der Waals surface area contributed by atoms with E-state index in [1.165, 1.54) is 33.5 Å². The zero-order chi connectivity index (χ0) is 23.8. The highest BCUT2D eigenvalue weighted by atomic mass is 35.5. The zero-order valence-electron chi connectivity index (χ0n) is 18.0.